The van der Waals surface area contributed by atoms with Crippen molar-refractivity contribution in [2.45, 2.75) is 19.4 Å². The number of hydrogen-bond donors (Lipinski definition) is 2. The van der Waals surface area contributed by atoms with Gasteiger partial charge in [0, 0.05) is 5.02 Å². The Bertz CT molecular complexity index is 559. The van der Waals surface area contributed by atoms with Gasteiger partial charge < -0.3 is 10.2 Å². The number of halogens is 1. The predicted molar refractivity (Wildman–Crippen MR) is 73.0 cm³/mol. The molecule has 2 aromatic rings. The van der Waals surface area contributed by atoms with E-state index >= 15 is 0 Å². The van der Waals surface area contributed by atoms with E-state index in [1.807, 2.05) is 19.1 Å². The molecule has 1 atom stereocenters. The van der Waals surface area contributed by atoms with Crippen LogP contribution in [0.25, 0.3) is 0 Å². The topological polar surface area (TPSA) is 40.5 Å². The maximum atomic E-state index is 10.6. The monoisotopic (exact) mass is 262 g/mol. The Kier molecular flexibility index (Phi) is 3.33. The zero-order chi connectivity index (χ0) is 13.3. The van der Waals surface area contributed by atoms with Crippen LogP contribution in [0.15, 0.2) is 42.5 Å². The lowest BCUT2D eigenvalue weighted by atomic mass is 9.88. The second-order valence-electron chi connectivity index (χ2n) is 4.58. The molecular formula is C15H15ClO2. The van der Waals surface area contributed by atoms with Gasteiger partial charge in [-0.25, -0.2) is 0 Å². The molecule has 2 N–H and O–H groups in total. The summed E-state index contributed by atoms with van der Waals surface area (Å²) >= 11 is 6.08. The van der Waals surface area contributed by atoms with Crippen molar-refractivity contribution >= 4 is 11.6 Å². The maximum Gasteiger partial charge on any atom is 0.115 e. The molecule has 0 aliphatic rings. The smallest absolute Gasteiger partial charge is 0.115 e. The summed E-state index contributed by atoms with van der Waals surface area (Å²) in [5.41, 5.74) is 1.27. The molecular weight excluding hydrogens is 248 g/mol. The van der Waals surface area contributed by atoms with E-state index in [0.717, 1.165) is 11.1 Å². The van der Waals surface area contributed by atoms with Gasteiger partial charge >= 0.3 is 0 Å². The predicted octanol–water partition coefficient (Wildman–Crippen LogP) is 3.61. The van der Waals surface area contributed by atoms with Gasteiger partial charge in [0.15, 0.2) is 0 Å². The van der Waals surface area contributed by atoms with Gasteiger partial charge in [-0.3, -0.25) is 0 Å². The Hall–Kier alpha value is -1.51. The number of aromatic hydroxyl groups is 1. The minimum absolute atomic E-state index is 0.177. The van der Waals surface area contributed by atoms with Gasteiger partial charge in [0.05, 0.1) is 0 Å². The van der Waals surface area contributed by atoms with Crippen molar-refractivity contribution in [1.82, 2.24) is 0 Å². The molecule has 0 aliphatic carbocycles. The second kappa shape index (κ2) is 4.63. The van der Waals surface area contributed by atoms with Gasteiger partial charge in [0.1, 0.15) is 11.4 Å². The number of phenolic OH excluding ortho intramolecular Hbond substituents is 1. The summed E-state index contributed by atoms with van der Waals surface area (Å²) in [7, 11) is 0. The first-order chi connectivity index (χ1) is 8.41. The molecule has 2 rings (SSSR count). The molecule has 1 unspecified atom stereocenters. The number of phenols is 1. The van der Waals surface area contributed by atoms with Crippen molar-refractivity contribution in [1.29, 1.82) is 0 Å². The third kappa shape index (κ3) is 2.35. The molecule has 2 aromatic carbocycles. The lowest BCUT2D eigenvalue weighted by Gasteiger charge is -2.25. The van der Waals surface area contributed by atoms with E-state index in [0.29, 0.717) is 10.6 Å². The van der Waals surface area contributed by atoms with E-state index in [9.17, 15) is 10.2 Å². The SMILES string of the molecule is Cc1ccc(C(C)(O)c2ccc(O)cc2)cc1Cl. The highest BCUT2D eigenvalue weighted by Gasteiger charge is 2.25. The number of rotatable bonds is 2. The highest BCUT2D eigenvalue weighted by Crippen LogP contribution is 2.32. The van der Waals surface area contributed by atoms with Crippen LogP contribution in [0.3, 0.4) is 0 Å². The Balaban J connectivity index is 2.46. The molecule has 0 saturated heterocycles. The highest BCUT2D eigenvalue weighted by molar-refractivity contribution is 6.31. The van der Waals surface area contributed by atoms with E-state index in [1.165, 1.54) is 0 Å². The molecule has 3 heteroatoms. The van der Waals surface area contributed by atoms with Crippen molar-refractivity contribution in [3.63, 3.8) is 0 Å². The summed E-state index contributed by atoms with van der Waals surface area (Å²) in [5, 5.41) is 20.5. The lowest BCUT2D eigenvalue weighted by Crippen LogP contribution is -2.22. The third-order valence-electron chi connectivity index (χ3n) is 3.16. The minimum atomic E-state index is -1.13. The average molecular weight is 263 g/mol. The van der Waals surface area contributed by atoms with Gasteiger partial charge in [0.2, 0.25) is 0 Å². The first-order valence-electron chi connectivity index (χ1n) is 5.70. The normalized spacial score (nSPS) is 14.2. The van der Waals surface area contributed by atoms with E-state index in [-0.39, 0.29) is 5.75 Å². The summed E-state index contributed by atoms with van der Waals surface area (Å²) in [6, 6.07) is 12.0. The van der Waals surface area contributed by atoms with Crippen LogP contribution < -0.4 is 0 Å². The fourth-order valence-electron chi connectivity index (χ4n) is 1.85. The van der Waals surface area contributed by atoms with E-state index in [4.69, 9.17) is 11.6 Å². The van der Waals surface area contributed by atoms with Gasteiger partial charge in [0.25, 0.3) is 0 Å². The Labute approximate surface area is 111 Å². The lowest BCUT2D eigenvalue weighted by molar-refractivity contribution is 0.102. The van der Waals surface area contributed by atoms with Gasteiger partial charge in [-0.2, -0.15) is 0 Å². The zero-order valence-electron chi connectivity index (χ0n) is 10.3. The summed E-state index contributed by atoms with van der Waals surface area (Å²) in [6.07, 6.45) is 0. The first kappa shape index (κ1) is 12.9. The van der Waals surface area contributed by atoms with Crippen molar-refractivity contribution in [3.05, 3.63) is 64.2 Å². The summed E-state index contributed by atoms with van der Waals surface area (Å²) in [4.78, 5) is 0. The van der Waals surface area contributed by atoms with Crippen molar-refractivity contribution in [2.75, 3.05) is 0 Å². The molecule has 0 amide bonds. The molecule has 0 fully saturated rings. The van der Waals surface area contributed by atoms with Crippen LogP contribution in [0.4, 0.5) is 0 Å². The third-order valence-corrected chi connectivity index (χ3v) is 3.57. The summed E-state index contributed by atoms with van der Waals surface area (Å²) < 4.78 is 0. The van der Waals surface area contributed by atoms with Gasteiger partial charge in [-0.15, -0.1) is 0 Å². The average Bonchev–Trinajstić information content (AvgIpc) is 2.33. The van der Waals surface area contributed by atoms with Crippen LogP contribution in [-0.4, -0.2) is 10.2 Å². The number of hydrogen-bond acceptors (Lipinski definition) is 2. The quantitative estimate of drug-likeness (QED) is 0.868. The van der Waals surface area contributed by atoms with Crippen LogP contribution in [0, 0.1) is 6.92 Å². The van der Waals surface area contributed by atoms with E-state index < -0.39 is 5.60 Å². The van der Waals surface area contributed by atoms with Crippen LogP contribution in [0.1, 0.15) is 23.6 Å². The highest BCUT2D eigenvalue weighted by atomic mass is 35.5. The molecule has 0 bridgehead atoms. The standard InChI is InChI=1S/C15H15ClO2/c1-10-3-4-12(9-14(10)16)15(2,18)11-5-7-13(17)8-6-11/h3-9,17-18H,1-2H3. The zero-order valence-corrected chi connectivity index (χ0v) is 11.1. The largest absolute Gasteiger partial charge is 0.508 e. The fourth-order valence-corrected chi connectivity index (χ4v) is 2.03. The van der Waals surface area contributed by atoms with E-state index in [2.05, 4.69) is 0 Å². The number of aryl methyl sites for hydroxylation is 1. The van der Waals surface area contributed by atoms with E-state index in [1.54, 1.807) is 37.3 Å². The van der Waals surface area contributed by atoms with Crippen LogP contribution >= 0.6 is 11.6 Å². The summed E-state index contributed by atoms with van der Waals surface area (Å²) in [6.45, 7) is 3.63. The molecule has 0 heterocycles. The minimum Gasteiger partial charge on any atom is -0.508 e. The van der Waals surface area contributed by atoms with Crippen molar-refractivity contribution in [2.24, 2.45) is 0 Å². The molecule has 0 aliphatic heterocycles. The summed E-state index contributed by atoms with van der Waals surface area (Å²) in [5.74, 6) is 0.177. The molecule has 18 heavy (non-hydrogen) atoms. The maximum absolute atomic E-state index is 10.6. The molecule has 94 valence electrons. The molecule has 0 radical (unpaired) electrons. The Morgan fingerprint density at radius 3 is 2.11 bits per heavy atom. The van der Waals surface area contributed by atoms with Crippen LogP contribution in [0.2, 0.25) is 5.02 Å². The number of aliphatic hydroxyl groups is 1. The molecule has 0 saturated carbocycles. The van der Waals surface area contributed by atoms with Crippen molar-refractivity contribution < 1.29 is 10.2 Å². The van der Waals surface area contributed by atoms with Crippen LogP contribution in [0.5, 0.6) is 5.75 Å². The first-order valence-corrected chi connectivity index (χ1v) is 6.07. The molecule has 0 aromatic heterocycles. The van der Waals surface area contributed by atoms with Crippen LogP contribution in [-0.2, 0) is 5.60 Å². The Morgan fingerprint density at radius 2 is 1.56 bits per heavy atom. The van der Waals surface area contributed by atoms with Gasteiger partial charge in [-0.05, 0) is 48.7 Å². The number of benzene rings is 2. The fraction of sp³-hybridized carbons (Fsp3) is 0.200. The molecule has 2 nitrogen and oxygen atoms in total. The Morgan fingerprint density at radius 1 is 1.00 bits per heavy atom. The molecule has 0 spiro atoms. The van der Waals surface area contributed by atoms with Crippen molar-refractivity contribution in [3.8, 4) is 5.75 Å². The van der Waals surface area contributed by atoms with Gasteiger partial charge in [-0.1, -0.05) is 35.9 Å². The second-order valence-corrected chi connectivity index (χ2v) is 4.99.